The smallest absolute Gasteiger partial charge is 0.347 e. The third kappa shape index (κ3) is 2.12. The zero-order valence-corrected chi connectivity index (χ0v) is 11.5. The van der Waals surface area contributed by atoms with Crippen LogP contribution in [0.15, 0.2) is 26.0 Å². The van der Waals surface area contributed by atoms with Crippen molar-refractivity contribution in [3.05, 3.63) is 34.1 Å². The van der Waals surface area contributed by atoms with E-state index in [-0.39, 0.29) is 11.3 Å². The molecule has 0 atom stereocenters. The van der Waals surface area contributed by atoms with Crippen molar-refractivity contribution >= 4 is 16.9 Å². The molecule has 1 amide bonds. The molecule has 0 bridgehead atoms. The Balaban J connectivity index is 1.98. The molecular weight excluding hydrogens is 260 g/mol. The maximum Gasteiger partial charge on any atom is 0.347 e. The van der Waals surface area contributed by atoms with E-state index in [2.05, 4.69) is 4.90 Å². The summed E-state index contributed by atoms with van der Waals surface area (Å²) in [5.74, 6) is 0.295. The molecule has 0 aromatic carbocycles. The van der Waals surface area contributed by atoms with Gasteiger partial charge in [-0.1, -0.05) is 0 Å². The van der Waals surface area contributed by atoms with E-state index < -0.39 is 5.63 Å². The maximum absolute atomic E-state index is 12.5. The molecular formula is C14H16N2O4. The second-order valence-corrected chi connectivity index (χ2v) is 5.13. The first-order valence-corrected chi connectivity index (χ1v) is 6.56. The van der Waals surface area contributed by atoms with Gasteiger partial charge < -0.3 is 18.6 Å². The molecule has 0 saturated carbocycles. The minimum Gasteiger partial charge on any atom is -0.463 e. The van der Waals surface area contributed by atoms with Gasteiger partial charge in [0.15, 0.2) is 0 Å². The third-order valence-corrected chi connectivity index (χ3v) is 3.63. The van der Waals surface area contributed by atoms with Gasteiger partial charge in [0.2, 0.25) is 0 Å². The lowest BCUT2D eigenvalue weighted by molar-refractivity contribution is 0.0665. The summed E-state index contributed by atoms with van der Waals surface area (Å²) in [7, 11) is 2.02. The number of carbonyl (C=O) groups is 1. The zero-order valence-electron chi connectivity index (χ0n) is 11.5. The maximum atomic E-state index is 12.5. The second kappa shape index (κ2) is 4.79. The van der Waals surface area contributed by atoms with Crippen molar-refractivity contribution in [2.24, 2.45) is 0 Å². The number of aryl methyl sites for hydroxylation is 1. The van der Waals surface area contributed by atoms with Gasteiger partial charge in [-0.3, -0.25) is 4.79 Å². The SMILES string of the molecule is Cc1cc2occ(C(=O)N3CCN(C)CC3)c2c(=O)o1. The Morgan fingerprint density at radius 3 is 2.65 bits per heavy atom. The van der Waals surface area contributed by atoms with Crippen LogP contribution >= 0.6 is 0 Å². The number of carbonyl (C=O) groups excluding carboxylic acids is 1. The van der Waals surface area contributed by atoms with Gasteiger partial charge in [0.05, 0.1) is 5.56 Å². The highest BCUT2D eigenvalue weighted by molar-refractivity contribution is 6.05. The normalized spacial score (nSPS) is 16.8. The molecule has 0 N–H and O–H groups in total. The predicted molar refractivity (Wildman–Crippen MR) is 72.9 cm³/mol. The summed E-state index contributed by atoms with van der Waals surface area (Å²) in [6.07, 6.45) is 1.35. The summed E-state index contributed by atoms with van der Waals surface area (Å²) >= 11 is 0. The van der Waals surface area contributed by atoms with Crippen LogP contribution in [0.25, 0.3) is 11.0 Å². The van der Waals surface area contributed by atoms with Crippen molar-refractivity contribution in [1.82, 2.24) is 9.80 Å². The van der Waals surface area contributed by atoms with E-state index in [4.69, 9.17) is 8.83 Å². The average molecular weight is 276 g/mol. The Kier molecular flexibility index (Phi) is 3.10. The van der Waals surface area contributed by atoms with Crippen LogP contribution in [-0.4, -0.2) is 48.9 Å². The minimum absolute atomic E-state index is 0.173. The van der Waals surface area contributed by atoms with Crippen molar-refractivity contribution in [3.8, 4) is 0 Å². The van der Waals surface area contributed by atoms with Gasteiger partial charge in [-0.15, -0.1) is 0 Å². The number of rotatable bonds is 1. The molecule has 0 spiro atoms. The average Bonchev–Trinajstić information content (AvgIpc) is 2.82. The monoisotopic (exact) mass is 276 g/mol. The quantitative estimate of drug-likeness (QED) is 0.779. The third-order valence-electron chi connectivity index (χ3n) is 3.63. The van der Waals surface area contributed by atoms with Gasteiger partial charge in [-0.2, -0.15) is 0 Å². The van der Waals surface area contributed by atoms with Crippen molar-refractivity contribution < 1.29 is 13.6 Å². The number of nitrogens with zero attached hydrogens (tertiary/aromatic N) is 2. The summed E-state index contributed by atoms with van der Waals surface area (Å²) < 4.78 is 10.4. The van der Waals surface area contributed by atoms with Gasteiger partial charge >= 0.3 is 5.63 Å². The molecule has 3 heterocycles. The largest absolute Gasteiger partial charge is 0.463 e. The molecule has 3 rings (SSSR count). The molecule has 0 aliphatic carbocycles. The Morgan fingerprint density at radius 1 is 1.25 bits per heavy atom. The van der Waals surface area contributed by atoms with Crippen molar-refractivity contribution in [2.45, 2.75) is 6.92 Å². The lowest BCUT2D eigenvalue weighted by Crippen LogP contribution is -2.47. The van der Waals surface area contributed by atoms with Crippen molar-refractivity contribution in [1.29, 1.82) is 0 Å². The fourth-order valence-electron chi connectivity index (χ4n) is 2.44. The molecule has 1 saturated heterocycles. The van der Waals surface area contributed by atoms with Gasteiger partial charge in [0.25, 0.3) is 5.91 Å². The highest BCUT2D eigenvalue weighted by atomic mass is 16.4. The van der Waals surface area contributed by atoms with Gasteiger partial charge in [0.1, 0.15) is 23.0 Å². The lowest BCUT2D eigenvalue weighted by Gasteiger charge is -2.32. The van der Waals surface area contributed by atoms with E-state index >= 15 is 0 Å². The molecule has 1 aliphatic heterocycles. The Labute approximate surface area is 115 Å². The second-order valence-electron chi connectivity index (χ2n) is 5.13. The molecule has 0 radical (unpaired) electrons. The molecule has 2 aromatic heterocycles. The fourth-order valence-corrected chi connectivity index (χ4v) is 2.44. The minimum atomic E-state index is -0.522. The van der Waals surface area contributed by atoms with E-state index in [0.717, 1.165) is 13.1 Å². The number of fused-ring (bicyclic) bond motifs is 1. The molecule has 1 fully saturated rings. The molecule has 20 heavy (non-hydrogen) atoms. The van der Waals surface area contributed by atoms with Crippen LogP contribution in [0.4, 0.5) is 0 Å². The van der Waals surface area contributed by atoms with Gasteiger partial charge in [0, 0.05) is 32.2 Å². The number of furan rings is 1. The van der Waals surface area contributed by atoms with Crippen LogP contribution in [-0.2, 0) is 0 Å². The van der Waals surface area contributed by atoms with Crippen LogP contribution in [0.1, 0.15) is 16.1 Å². The topological polar surface area (TPSA) is 66.9 Å². The van der Waals surface area contributed by atoms with Gasteiger partial charge in [-0.25, -0.2) is 4.79 Å². The highest BCUT2D eigenvalue weighted by Crippen LogP contribution is 2.20. The molecule has 6 nitrogen and oxygen atoms in total. The summed E-state index contributed by atoms with van der Waals surface area (Å²) in [5.41, 5.74) is 0.167. The fraction of sp³-hybridized carbons (Fsp3) is 0.429. The van der Waals surface area contributed by atoms with E-state index in [1.54, 1.807) is 17.9 Å². The number of hydrogen-bond donors (Lipinski definition) is 0. The Hall–Kier alpha value is -2.08. The van der Waals surface area contributed by atoms with E-state index in [0.29, 0.717) is 30.0 Å². The molecule has 1 aliphatic rings. The Morgan fingerprint density at radius 2 is 1.95 bits per heavy atom. The zero-order chi connectivity index (χ0) is 14.3. The molecule has 2 aromatic rings. The van der Waals surface area contributed by atoms with Crippen LogP contribution in [0, 0.1) is 6.92 Å². The lowest BCUT2D eigenvalue weighted by atomic mass is 10.2. The first-order valence-electron chi connectivity index (χ1n) is 6.56. The number of amides is 1. The summed E-state index contributed by atoms with van der Waals surface area (Å²) in [6, 6.07) is 1.62. The summed E-state index contributed by atoms with van der Waals surface area (Å²) in [4.78, 5) is 28.3. The first-order chi connectivity index (χ1) is 9.56. The number of hydrogen-bond acceptors (Lipinski definition) is 5. The molecule has 106 valence electrons. The van der Waals surface area contributed by atoms with Crippen LogP contribution in [0.3, 0.4) is 0 Å². The number of likely N-dealkylation sites (N-methyl/N-ethyl adjacent to an activating group) is 1. The van der Waals surface area contributed by atoms with Crippen LogP contribution < -0.4 is 5.63 Å². The van der Waals surface area contributed by atoms with E-state index in [9.17, 15) is 9.59 Å². The molecule has 6 heteroatoms. The summed E-state index contributed by atoms with van der Waals surface area (Å²) in [5, 5.41) is 0.236. The van der Waals surface area contributed by atoms with Gasteiger partial charge in [-0.05, 0) is 14.0 Å². The van der Waals surface area contributed by atoms with Crippen molar-refractivity contribution in [3.63, 3.8) is 0 Å². The number of piperazine rings is 1. The first kappa shape index (κ1) is 12.9. The van der Waals surface area contributed by atoms with Crippen LogP contribution in [0.5, 0.6) is 0 Å². The summed E-state index contributed by atoms with van der Waals surface area (Å²) in [6.45, 7) is 4.63. The highest BCUT2D eigenvalue weighted by Gasteiger charge is 2.25. The van der Waals surface area contributed by atoms with Crippen molar-refractivity contribution in [2.75, 3.05) is 33.2 Å². The van der Waals surface area contributed by atoms with E-state index in [1.807, 2.05) is 7.05 Å². The standard InChI is InChI=1S/C14H16N2O4/c1-9-7-11-12(14(18)20-9)10(8-19-11)13(17)16-5-3-15(2)4-6-16/h7-8H,3-6H2,1-2H3. The Bertz CT molecular complexity index is 708. The molecule has 0 unspecified atom stereocenters. The predicted octanol–water partition coefficient (Wildman–Crippen LogP) is 1.08. The van der Waals surface area contributed by atoms with E-state index in [1.165, 1.54) is 6.26 Å². The van der Waals surface area contributed by atoms with Crippen LogP contribution in [0.2, 0.25) is 0 Å².